The van der Waals surface area contributed by atoms with Crippen LogP contribution in [0.1, 0.15) is 6.42 Å². The molecule has 0 amide bonds. The van der Waals surface area contributed by atoms with Gasteiger partial charge in [-0.05, 0) is 31.3 Å². The topological polar surface area (TPSA) is 38.0 Å². The molecule has 62 valence electrons. The predicted molar refractivity (Wildman–Crippen MR) is 46.9 cm³/mol. The van der Waals surface area contributed by atoms with Crippen molar-refractivity contribution < 1.29 is 0 Å². The molecule has 1 aliphatic heterocycles. The highest BCUT2D eigenvalue weighted by Gasteiger charge is 2.41. The fourth-order valence-electron chi connectivity index (χ4n) is 1.84. The number of hydrogen-bond donors (Lipinski definition) is 2. The number of nitrogens with two attached hydrogens (primary N) is 1. The van der Waals surface area contributed by atoms with E-state index in [4.69, 9.17) is 5.73 Å². The first-order chi connectivity index (χ1) is 3.88. The molecule has 0 aromatic heterocycles. The maximum absolute atomic E-state index is 5.72. The van der Waals surface area contributed by atoms with Crippen molar-refractivity contribution in [2.45, 2.75) is 12.5 Å². The van der Waals surface area contributed by atoms with Crippen LogP contribution < -0.4 is 11.1 Å². The highest BCUT2D eigenvalue weighted by molar-refractivity contribution is 5.85. The minimum Gasteiger partial charge on any atom is -0.327 e. The molecular formula is C6H14Cl2N2. The monoisotopic (exact) mass is 184 g/mol. The van der Waals surface area contributed by atoms with Crippen LogP contribution >= 0.6 is 24.8 Å². The summed E-state index contributed by atoms with van der Waals surface area (Å²) in [7, 11) is 0. The molecule has 0 bridgehead atoms. The van der Waals surface area contributed by atoms with E-state index in [9.17, 15) is 0 Å². The number of halogens is 2. The van der Waals surface area contributed by atoms with Gasteiger partial charge in [-0.1, -0.05) is 0 Å². The normalized spacial score (nSPS) is 42.3. The van der Waals surface area contributed by atoms with E-state index >= 15 is 0 Å². The van der Waals surface area contributed by atoms with Crippen LogP contribution in [0.5, 0.6) is 0 Å². The number of fused-ring (bicyclic) bond motifs is 1. The van der Waals surface area contributed by atoms with E-state index in [1.807, 2.05) is 0 Å². The minimum atomic E-state index is 0. The molecule has 4 heteroatoms. The van der Waals surface area contributed by atoms with E-state index in [2.05, 4.69) is 5.32 Å². The molecule has 1 saturated heterocycles. The lowest BCUT2D eigenvalue weighted by Gasteiger charge is -2.36. The Hall–Kier alpha value is 0.500. The van der Waals surface area contributed by atoms with Crippen LogP contribution in [0.4, 0.5) is 0 Å². The van der Waals surface area contributed by atoms with E-state index in [-0.39, 0.29) is 24.8 Å². The zero-order valence-corrected chi connectivity index (χ0v) is 7.38. The summed E-state index contributed by atoms with van der Waals surface area (Å²) in [5, 5.41) is 3.33. The smallest absolute Gasteiger partial charge is 0.00856 e. The van der Waals surface area contributed by atoms with Crippen molar-refractivity contribution in [3.63, 3.8) is 0 Å². The summed E-state index contributed by atoms with van der Waals surface area (Å²) in [6.45, 7) is 2.39. The Bertz CT molecular complexity index is 110. The molecule has 3 unspecified atom stereocenters. The maximum atomic E-state index is 5.72. The van der Waals surface area contributed by atoms with Gasteiger partial charge in [-0.2, -0.15) is 0 Å². The second kappa shape index (κ2) is 3.77. The molecule has 3 N–H and O–H groups in total. The Kier molecular flexibility index (Phi) is 3.95. The van der Waals surface area contributed by atoms with Crippen LogP contribution in [0.3, 0.4) is 0 Å². The molecule has 0 aromatic rings. The average molecular weight is 185 g/mol. The number of nitrogens with one attached hydrogen (secondary N) is 1. The van der Waals surface area contributed by atoms with Crippen molar-refractivity contribution >= 4 is 24.8 Å². The molecule has 0 spiro atoms. The van der Waals surface area contributed by atoms with Crippen molar-refractivity contribution in [1.82, 2.24) is 5.32 Å². The molecule has 1 aliphatic carbocycles. The second-order valence-corrected chi connectivity index (χ2v) is 2.98. The van der Waals surface area contributed by atoms with Crippen LogP contribution in [0.15, 0.2) is 0 Å². The van der Waals surface area contributed by atoms with Crippen molar-refractivity contribution in [3.05, 3.63) is 0 Å². The Labute approximate surface area is 73.7 Å². The molecule has 1 heterocycles. The highest BCUT2D eigenvalue weighted by atomic mass is 35.5. The summed E-state index contributed by atoms with van der Waals surface area (Å²) in [5.74, 6) is 1.76. The zero-order chi connectivity index (χ0) is 5.56. The Morgan fingerprint density at radius 3 is 2.30 bits per heavy atom. The lowest BCUT2D eigenvalue weighted by molar-refractivity contribution is 0.194. The van der Waals surface area contributed by atoms with Gasteiger partial charge in [-0.25, -0.2) is 0 Å². The highest BCUT2D eigenvalue weighted by Crippen LogP contribution is 2.35. The largest absolute Gasteiger partial charge is 0.327 e. The van der Waals surface area contributed by atoms with E-state index in [1.54, 1.807) is 0 Å². The standard InChI is InChI=1S/C6H12N2.2ClH/c7-6-1-4-2-8-3-5(4)6;;/h4-6,8H,1-3,7H2;2*1H. The van der Waals surface area contributed by atoms with Gasteiger partial charge in [-0.3, -0.25) is 0 Å². The summed E-state index contributed by atoms with van der Waals surface area (Å²) in [6, 6.07) is 0.523. The predicted octanol–water partition coefficient (Wildman–Crippen LogP) is 0.397. The molecule has 10 heavy (non-hydrogen) atoms. The van der Waals surface area contributed by atoms with Gasteiger partial charge in [0.05, 0.1) is 0 Å². The van der Waals surface area contributed by atoms with Gasteiger partial charge in [0, 0.05) is 6.04 Å². The van der Waals surface area contributed by atoms with Gasteiger partial charge in [0.2, 0.25) is 0 Å². The van der Waals surface area contributed by atoms with Gasteiger partial charge in [-0.15, -0.1) is 24.8 Å². The van der Waals surface area contributed by atoms with Crippen LogP contribution in [0.2, 0.25) is 0 Å². The number of rotatable bonds is 0. The first-order valence-electron chi connectivity index (χ1n) is 3.34. The minimum absolute atomic E-state index is 0. The molecule has 2 nitrogen and oxygen atoms in total. The third kappa shape index (κ3) is 1.40. The van der Waals surface area contributed by atoms with Gasteiger partial charge >= 0.3 is 0 Å². The lowest BCUT2D eigenvalue weighted by Crippen LogP contribution is -2.46. The van der Waals surface area contributed by atoms with E-state index < -0.39 is 0 Å². The summed E-state index contributed by atoms with van der Waals surface area (Å²) in [4.78, 5) is 0. The van der Waals surface area contributed by atoms with Crippen molar-refractivity contribution in [3.8, 4) is 0 Å². The van der Waals surface area contributed by atoms with Crippen molar-refractivity contribution in [2.24, 2.45) is 17.6 Å². The van der Waals surface area contributed by atoms with Gasteiger partial charge in [0.15, 0.2) is 0 Å². The number of hydrogen-bond acceptors (Lipinski definition) is 2. The molecule has 2 rings (SSSR count). The van der Waals surface area contributed by atoms with Gasteiger partial charge < -0.3 is 11.1 Å². The summed E-state index contributed by atoms with van der Waals surface area (Å²) >= 11 is 0. The molecule has 2 aliphatic rings. The van der Waals surface area contributed by atoms with Gasteiger partial charge in [0.1, 0.15) is 0 Å². The van der Waals surface area contributed by atoms with Crippen LogP contribution in [-0.2, 0) is 0 Å². The van der Waals surface area contributed by atoms with Crippen LogP contribution in [0, 0.1) is 11.8 Å². The average Bonchev–Trinajstić information content (AvgIpc) is 2.09. The van der Waals surface area contributed by atoms with Crippen molar-refractivity contribution in [2.75, 3.05) is 13.1 Å². The van der Waals surface area contributed by atoms with E-state index in [0.717, 1.165) is 11.8 Å². The zero-order valence-electron chi connectivity index (χ0n) is 5.75. The molecular weight excluding hydrogens is 171 g/mol. The lowest BCUT2D eigenvalue weighted by atomic mass is 9.72. The molecule has 0 aromatic carbocycles. The van der Waals surface area contributed by atoms with E-state index in [1.165, 1.54) is 19.5 Å². The first kappa shape index (κ1) is 10.5. The first-order valence-corrected chi connectivity index (χ1v) is 3.34. The third-order valence-corrected chi connectivity index (χ3v) is 2.52. The summed E-state index contributed by atoms with van der Waals surface area (Å²) in [6.07, 6.45) is 1.26. The SMILES string of the molecule is Cl.Cl.NC1CC2CNCC12. The van der Waals surface area contributed by atoms with E-state index in [0.29, 0.717) is 6.04 Å². The summed E-state index contributed by atoms with van der Waals surface area (Å²) < 4.78 is 0. The third-order valence-electron chi connectivity index (χ3n) is 2.52. The molecule has 2 fully saturated rings. The molecule has 1 saturated carbocycles. The Morgan fingerprint density at radius 2 is 1.90 bits per heavy atom. The van der Waals surface area contributed by atoms with Crippen LogP contribution in [-0.4, -0.2) is 19.1 Å². The maximum Gasteiger partial charge on any atom is 0.00856 e. The molecule has 0 radical (unpaired) electrons. The Balaban J connectivity index is 0.000000405. The van der Waals surface area contributed by atoms with Crippen LogP contribution in [0.25, 0.3) is 0 Å². The summed E-state index contributed by atoms with van der Waals surface area (Å²) in [5.41, 5.74) is 5.72. The van der Waals surface area contributed by atoms with Crippen molar-refractivity contribution in [1.29, 1.82) is 0 Å². The second-order valence-electron chi connectivity index (χ2n) is 2.98. The molecule has 3 atom stereocenters. The quantitative estimate of drug-likeness (QED) is 0.573. The fraction of sp³-hybridized carbons (Fsp3) is 1.00. The van der Waals surface area contributed by atoms with Gasteiger partial charge in [0.25, 0.3) is 0 Å². The fourth-order valence-corrected chi connectivity index (χ4v) is 1.84. The Morgan fingerprint density at radius 1 is 1.20 bits per heavy atom.